The minimum Gasteiger partial charge on any atom is -0.494 e. The topological polar surface area (TPSA) is 35.0 Å². The van der Waals surface area contributed by atoms with Crippen LogP contribution in [-0.2, 0) is 6.42 Å². The average Bonchev–Trinajstić information content (AvgIpc) is 2.83. The Kier molecular flexibility index (Phi) is 10.9. The lowest BCUT2D eigenvalue weighted by atomic mass is 9.86. The second kappa shape index (κ2) is 14.2. The van der Waals surface area contributed by atoms with E-state index in [4.69, 9.17) is 4.74 Å². The molecule has 3 rings (SSSR count). The van der Waals surface area contributed by atoms with Gasteiger partial charge in [-0.25, -0.2) is 9.97 Å². The first kappa shape index (κ1) is 23.8. The molecule has 31 heavy (non-hydrogen) atoms. The maximum atomic E-state index is 6.04. The van der Waals surface area contributed by atoms with E-state index in [2.05, 4.69) is 41.2 Å². The van der Waals surface area contributed by atoms with Crippen molar-refractivity contribution in [2.45, 2.75) is 103 Å². The van der Waals surface area contributed by atoms with Crippen molar-refractivity contribution in [2.24, 2.45) is 5.92 Å². The summed E-state index contributed by atoms with van der Waals surface area (Å²) in [5.74, 6) is 3.41. The minimum absolute atomic E-state index is 0.476. The van der Waals surface area contributed by atoms with Crippen molar-refractivity contribution in [3.8, 4) is 5.75 Å². The first-order valence-electron chi connectivity index (χ1n) is 12.8. The highest BCUT2D eigenvalue weighted by atomic mass is 16.5. The smallest absolute Gasteiger partial charge is 0.128 e. The quantitative estimate of drug-likeness (QED) is 0.290. The predicted molar refractivity (Wildman–Crippen MR) is 130 cm³/mol. The molecule has 1 aromatic heterocycles. The van der Waals surface area contributed by atoms with E-state index in [9.17, 15) is 0 Å². The molecule has 1 atom stereocenters. The molecule has 3 nitrogen and oxygen atoms in total. The maximum absolute atomic E-state index is 6.04. The number of unbranched alkanes of at least 4 members (excludes halogenated alkanes) is 4. The molecule has 170 valence electrons. The van der Waals surface area contributed by atoms with E-state index in [1.807, 2.05) is 18.5 Å². The van der Waals surface area contributed by atoms with Crippen LogP contribution in [0, 0.1) is 5.92 Å². The van der Waals surface area contributed by atoms with Crippen molar-refractivity contribution in [1.82, 2.24) is 9.97 Å². The van der Waals surface area contributed by atoms with Crippen LogP contribution in [-0.4, -0.2) is 16.6 Å². The molecule has 0 saturated heterocycles. The number of nitrogens with zero attached hydrogens (tertiary/aromatic N) is 2. The van der Waals surface area contributed by atoms with Crippen LogP contribution in [0.2, 0.25) is 0 Å². The summed E-state index contributed by atoms with van der Waals surface area (Å²) < 4.78 is 6.04. The van der Waals surface area contributed by atoms with Gasteiger partial charge < -0.3 is 4.74 Å². The third-order valence-electron chi connectivity index (χ3n) is 6.81. The Hall–Kier alpha value is -1.90. The second-order valence-corrected chi connectivity index (χ2v) is 9.33. The molecule has 1 fully saturated rings. The summed E-state index contributed by atoms with van der Waals surface area (Å²) in [6.45, 7) is 3.11. The van der Waals surface area contributed by atoms with E-state index in [1.165, 1.54) is 89.0 Å². The summed E-state index contributed by atoms with van der Waals surface area (Å²) in [6, 6.07) is 10.7. The molecular weight excluding hydrogens is 380 g/mol. The Morgan fingerprint density at radius 2 is 1.68 bits per heavy atom. The molecule has 1 saturated carbocycles. The zero-order valence-corrected chi connectivity index (χ0v) is 19.6. The zero-order chi connectivity index (χ0) is 21.6. The fraction of sp³-hybridized carbons (Fsp3) is 0.643. The molecule has 0 bridgehead atoms. The highest BCUT2D eigenvalue weighted by Gasteiger charge is 2.15. The molecule has 1 aromatic carbocycles. The Morgan fingerprint density at radius 1 is 0.903 bits per heavy atom. The van der Waals surface area contributed by atoms with Gasteiger partial charge in [0, 0.05) is 18.8 Å². The monoisotopic (exact) mass is 422 g/mol. The van der Waals surface area contributed by atoms with Gasteiger partial charge in [-0.2, -0.15) is 0 Å². The summed E-state index contributed by atoms with van der Waals surface area (Å²) >= 11 is 0. The van der Waals surface area contributed by atoms with Crippen LogP contribution >= 0.6 is 0 Å². The maximum Gasteiger partial charge on any atom is 0.128 e. The van der Waals surface area contributed by atoms with Crippen molar-refractivity contribution in [3.63, 3.8) is 0 Å². The van der Waals surface area contributed by atoms with Gasteiger partial charge in [-0.1, -0.05) is 83.3 Å². The molecule has 0 amide bonds. The predicted octanol–water partition coefficient (Wildman–Crippen LogP) is 7.90. The summed E-state index contributed by atoms with van der Waals surface area (Å²) in [6.07, 6.45) is 22.1. The SMILES string of the molecule is CCCCCCC(Cc1ncccn1)c1ccc(OCCCCC2CCCCC2)cc1. The van der Waals surface area contributed by atoms with E-state index in [1.54, 1.807) is 0 Å². The lowest BCUT2D eigenvalue weighted by Crippen LogP contribution is -2.07. The number of benzene rings is 1. The molecule has 0 spiro atoms. The Labute approximate surface area is 190 Å². The highest BCUT2D eigenvalue weighted by Crippen LogP contribution is 2.29. The molecular formula is C28H42N2O. The Bertz CT molecular complexity index is 695. The van der Waals surface area contributed by atoms with Gasteiger partial charge >= 0.3 is 0 Å². The van der Waals surface area contributed by atoms with Crippen LogP contribution in [0.25, 0.3) is 0 Å². The van der Waals surface area contributed by atoms with E-state index < -0.39 is 0 Å². The van der Waals surface area contributed by atoms with Crippen LogP contribution in [0.5, 0.6) is 5.75 Å². The van der Waals surface area contributed by atoms with Gasteiger partial charge in [0.25, 0.3) is 0 Å². The highest BCUT2D eigenvalue weighted by molar-refractivity contribution is 5.30. The van der Waals surface area contributed by atoms with Crippen molar-refractivity contribution >= 4 is 0 Å². The van der Waals surface area contributed by atoms with E-state index >= 15 is 0 Å². The summed E-state index contributed by atoms with van der Waals surface area (Å²) in [5, 5.41) is 0. The van der Waals surface area contributed by atoms with Gasteiger partial charge in [-0.3, -0.25) is 0 Å². The fourth-order valence-electron chi connectivity index (χ4n) is 4.90. The number of aromatic nitrogens is 2. The second-order valence-electron chi connectivity index (χ2n) is 9.33. The zero-order valence-electron chi connectivity index (χ0n) is 19.6. The number of ether oxygens (including phenoxy) is 1. The van der Waals surface area contributed by atoms with Crippen LogP contribution in [0.15, 0.2) is 42.7 Å². The van der Waals surface area contributed by atoms with E-state index in [0.717, 1.165) is 30.5 Å². The molecule has 0 aliphatic heterocycles. The Balaban J connectivity index is 1.44. The molecule has 1 aliphatic carbocycles. The fourth-order valence-corrected chi connectivity index (χ4v) is 4.90. The summed E-state index contributed by atoms with van der Waals surface area (Å²) in [4.78, 5) is 8.92. The average molecular weight is 423 g/mol. The molecule has 1 unspecified atom stereocenters. The number of hydrogen-bond donors (Lipinski definition) is 0. The van der Waals surface area contributed by atoms with Gasteiger partial charge in [-0.15, -0.1) is 0 Å². The molecule has 2 aromatic rings. The van der Waals surface area contributed by atoms with Gasteiger partial charge in [-0.05, 0) is 54.9 Å². The molecule has 0 N–H and O–H groups in total. The summed E-state index contributed by atoms with van der Waals surface area (Å²) in [7, 11) is 0. The molecule has 0 radical (unpaired) electrons. The van der Waals surface area contributed by atoms with Gasteiger partial charge in [0.15, 0.2) is 0 Å². The normalized spacial score (nSPS) is 15.6. The van der Waals surface area contributed by atoms with Crippen LogP contribution < -0.4 is 4.74 Å². The molecule has 3 heteroatoms. The van der Waals surface area contributed by atoms with Gasteiger partial charge in [0.2, 0.25) is 0 Å². The molecule has 1 aliphatic rings. The van der Waals surface area contributed by atoms with Crippen molar-refractivity contribution in [1.29, 1.82) is 0 Å². The Morgan fingerprint density at radius 3 is 2.42 bits per heavy atom. The lowest BCUT2D eigenvalue weighted by Gasteiger charge is -2.21. The largest absolute Gasteiger partial charge is 0.494 e. The summed E-state index contributed by atoms with van der Waals surface area (Å²) in [5.41, 5.74) is 1.38. The van der Waals surface area contributed by atoms with Crippen LogP contribution in [0.3, 0.4) is 0 Å². The van der Waals surface area contributed by atoms with Gasteiger partial charge in [0.1, 0.15) is 11.6 Å². The first-order chi connectivity index (χ1) is 15.3. The van der Waals surface area contributed by atoms with Crippen molar-refractivity contribution in [2.75, 3.05) is 6.61 Å². The molecule has 1 heterocycles. The van der Waals surface area contributed by atoms with Crippen LogP contribution in [0.4, 0.5) is 0 Å². The third-order valence-corrected chi connectivity index (χ3v) is 6.81. The number of rotatable bonds is 14. The lowest BCUT2D eigenvalue weighted by molar-refractivity contribution is 0.283. The van der Waals surface area contributed by atoms with Gasteiger partial charge in [0.05, 0.1) is 6.61 Å². The van der Waals surface area contributed by atoms with Crippen molar-refractivity contribution in [3.05, 3.63) is 54.1 Å². The van der Waals surface area contributed by atoms with Crippen molar-refractivity contribution < 1.29 is 4.74 Å². The first-order valence-corrected chi connectivity index (χ1v) is 12.8. The third kappa shape index (κ3) is 9.01. The van der Waals surface area contributed by atoms with Crippen LogP contribution in [0.1, 0.15) is 108 Å². The van der Waals surface area contributed by atoms with E-state index in [0.29, 0.717) is 5.92 Å². The standard InChI is InChI=1S/C28H42N2O/c1-2-3-4-8-15-26(23-28-29-20-11-21-30-28)25-16-18-27(19-17-25)31-22-10-9-14-24-12-6-5-7-13-24/h11,16-21,24,26H,2-10,12-15,22-23H2,1H3. The minimum atomic E-state index is 0.476. The number of hydrogen-bond acceptors (Lipinski definition) is 3. The van der Waals surface area contributed by atoms with E-state index in [-0.39, 0.29) is 0 Å².